The number of nitrogens with zero attached hydrogens (tertiary/aromatic N) is 1. The summed E-state index contributed by atoms with van der Waals surface area (Å²) in [6, 6.07) is 4.33. The second-order valence-corrected chi connectivity index (χ2v) is 4.21. The summed E-state index contributed by atoms with van der Waals surface area (Å²) in [6.45, 7) is 4.43. The highest BCUT2D eigenvalue weighted by Crippen LogP contribution is 2.45. The molecule has 0 N–H and O–H groups in total. The largest absolute Gasteiger partial charge is 0.261 e. The first-order chi connectivity index (χ1) is 6.27. The Bertz CT molecular complexity index is 294. The lowest BCUT2D eigenvalue weighted by Gasteiger charge is -2.40. The van der Waals surface area contributed by atoms with Crippen LogP contribution in [0.5, 0.6) is 0 Å². The van der Waals surface area contributed by atoms with E-state index in [2.05, 4.69) is 31.0 Å². The van der Waals surface area contributed by atoms with Gasteiger partial charge in [0.2, 0.25) is 0 Å². The Balaban J connectivity index is 2.33. The van der Waals surface area contributed by atoms with Crippen molar-refractivity contribution >= 4 is 0 Å². The maximum Gasteiger partial charge on any atom is 0.0467 e. The molecule has 13 heavy (non-hydrogen) atoms. The van der Waals surface area contributed by atoms with Crippen LogP contribution >= 0.6 is 0 Å². The fourth-order valence-electron chi connectivity index (χ4n) is 2.22. The normalized spacial score (nSPS) is 19.5. The van der Waals surface area contributed by atoms with E-state index in [9.17, 15) is 0 Å². The van der Waals surface area contributed by atoms with Gasteiger partial charge in [-0.3, -0.25) is 4.98 Å². The third-order valence-corrected chi connectivity index (χ3v) is 3.45. The van der Waals surface area contributed by atoms with Crippen molar-refractivity contribution in [2.24, 2.45) is 0 Å². The standard InChI is InChI=1S/C12H17N/c1-3-12(6-4-7-12)11-9-10(2)5-8-13-11/h5,8-9H,3-4,6-7H2,1-2H3. The number of hydrogen-bond acceptors (Lipinski definition) is 1. The van der Waals surface area contributed by atoms with Gasteiger partial charge in [-0.2, -0.15) is 0 Å². The molecular formula is C12H17N. The predicted octanol–water partition coefficient (Wildman–Crippen LogP) is 3.22. The minimum absolute atomic E-state index is 0.437. The Kier molecular flexibility index (Phi) is 2.10. The average molecular weight is 175 g/mol. The molecule has 0 aromatic carbocycles. The summed E-state index contributed by atoms with van der Waals surface area (Å²) in [7, 11) is 0. The van der Waals surface area contributed by atoms with E-state index in [0.717, 1.165) is 0 Å². The highest BCUT2D eigenvalue weighted by molar-refractivity contribution is 5.24. The third kappa shape index (κ3) is 1.37. The molecule has 0 radical (unpaired) electrons. The molecule has 0 spiro atoms. The molecule has 1 heteroatoms. The Morgan fingerprint density at radius 1 is 1.46 bits per heavy atom. The van der Waals surface area contributed by atoms with Crippen molar-refractivity contribution in [1.29, 1.82) is 0 Å². The first kappa shape index (κ1) is 8.74. The molecule has 0 bridgehead atoms. The lowest BCUT2D eigenvalue weighted by atomic mass is 9.64. The van der Waals surface area contributed by atoms with Gasteiger partial charge in [0.05, 0.1) is 0 Å². The Hall–Kier alpha value is -0.850. The van der Waals surface area contributed by atoms with Crippen molar-refractivity contribution in [3.8, 4) is 0 Å². The Morgan fingerprint density at radius 3 is 2.69 bits per heavy atom. The second kappa shape index (κ2) is 3.13. The zero-order valence-electron chi connectivity index (χ0n) is 8.51. The van der Waals surface area contributed by atoms with Gasteiger partial charge < -0.3 is 0 Å². The number of aryl methyl sites for hydroxylation is 1. The molecule has 0 unspecified atom stereocenters. The Labute approximate surface area is 80.2 Å². The van der Waals surface area contributed by atoms with E-state index in [1.165, 1.54) is 36.9 Å². The van der Waals surface area contributed by atoms with Gasteiger partial charge in [0.25, 0.3) is 0 Å². The van der Waals surface area contributed by atoms with Crippen molar-refractivity contribution in [1.82, 2.24) is 4.98 Å². The monoisotopic (exact) mass is 175 g/mol. The van der Waals surface area contributed by atoms with Crippen molar-refractivity contribution in [2.45, 2.75) is 44.9 Å². The molecule has 1 saturated carbocycles. The van der Waals surface area contributed by atoms with E-state index >= 15 is 0 Å². The van der Waals surface area contributed by atoms with Gasteiger partial charge in [0.1, 0.15) is 0 Å². The molecular weight excluding hydrogens is 158 g/mol. The average Bonchev–Trinajstić information content (AvgIpc) is 2.03. The molecule has 1 aliphatic rings. The van der Waals surface area contributed by atoms with Gasteiger partial charge in [-0.1, -0.05) is 13.3 Å². The molecule has 0 aliphatic heterocycles. The number of hydrogen-bond donors (Lipinski definition) is 0. The molecule has 70 valence electrons. The van der Waals surface area contributed by atoms with Crippen LogP contribution in [0.1, 0.15) is 43.9 Å². The number of aromatic nitrogens is 1. The highest BCUT2D eigenvalue weighted by Gasteiger charge is 2.37. The second-order valence-electron chi connectivity index (χ2n) is 4.21. The topological polar surface area (TPSA) is 12.9 Å². The molecule has 1 fully saturated rings. The minimum Gasteiger partial charge on any atom is -0.261 e. The van der Waals surface area contributed by atoms with Crippen LogP contribution in [-0.2, 0) is 5.41 Å². The predicted molar refractivity (Wildman–Crippen MR) is 54.8 cm³/mol. The molecule has 1 aliphatic carbocycles. The summed E-state index contributed by atoms with van der Waals surface area (Å²) < 4.78 is 0. The van der Waals surface area contributed by atoms with Gasteiger partial charge in [-0.15, -0.1) is 0 Å². The van der Waals surface area contributed by atoms with Crippen molar-refractivity contribution in [2.75, 3.05) is 0 Å². The summed E-state index contributed by atoms with van der Waals surface area (Å²) in [6.07, 6.45) is 7.23. The van der Waals surface area contributed by atoms with E-state index in [1.807, 2.05) is 6.20 Å². The maximum absolute atomic E-state index is 4.50. The van der Waals surface area contributed by atoms with Crippen molar-refractivity contribution in [3.63, 3.8) is 0 Å². The summed E-state index contributed by atoms with van der Waals surface area (Å²) in [5.41, 5.74) is 3.09. The summed E-state index contributed by atoms with van der Waals surface area (Å²) in [4.78, 5) is 4.50. The first-order valence-corrected chi connectivity index (χ1v) is 5.20. The van der Waals surface area contributed by atoms with Gasteiger partial charge in [0, 0.05) is 17.3 Å². The van der Waals surface area contributed by atoms with Crippen LogP contribution in [-0.4, -0.2) is 4.98 Å². The lowest BCUT2D eigenvalue weighted by molar-refractivity contribution is 0.228. The van der Waals surface area contributed by atoms with Crippen molar-refractivity contribution in [3.05, 3.63) is 29.6 Å². The van der Waals surface area contributed by atoms with E-state index < -0.39 is 0 Å². The maximum atomic E-state index is 4.50. The molecule has 2 rings (SSSR count). The molecule has 1 aromatic rings. The van der Waals surface area contributed by atoms with Crippen molar-refractivity contribution < 1.29 is 0 Å². The number of pyridine rings is 1. The smallest absolute Gasteiger partial charge is 0.0467 e. The molecule has 0 atom stereocenters. The minimum atomic E-state index is 0.437. The van der Waals surface area contributed by atoms with Crippen LogP contribution in [0, 0.1) is 6.92 Å². The van der Waals surface area contributed by atoms with E-state index in [-0.39, 0.29) is 0 Å². The van der Waals surface area contributed by atoms with Gasteiger partial charge >= 0.3 is 0 Å². The lowest BCUT2D eigenvalue weighted by Crippen LogP contribution is -2.34. The fraction of sp³-hybridized carbons (Fsp3) is 0.583. The fourth-order valence-corrected chi connectivity index (χ4v) is 2.22. The van der Waals surface area contributed by atoms with Gasteiger partial charge in [-0.25, -0.2) is 0 Å². The van der Waals surface area contributed by atoms with Crippen LogP contribution in [0.4, 0.5) is 0 Å². The van der Waals surface area contributed by atoms with Crippen LogP contribution in [0.15, 0.2) is 18.3 Å². The molecule has 0 amide bonds. The van der Waals surface area contributed by atoms with Gasteiger partial charge in [-0.05, 0) is 43.9 Å². The van der Waals surface area contributed by atoms with E-state index in [0.29, 0.717) is 5.41 Å². The third-order valence-electron chi connectivity index (χ3n) is 3.45. The Morgan fingerprint density at radius 2 is 2.23 bits per heavy atom. The van der Waals surface area contributed by atoms with Crippen LogP contribution in [0.3, 0.4) is 0 Å². The summed E-state index contributed by atoms with van der Waals surface area (Å²) in [5.74, 6) is 0. The van der Waals surface area contributed by atoms with Crippen LogP contribution in [0.2, 0.25) is 0 Å². The van der Waals surface area contributed by atoms with E-state index in [4.69, 9.17) is 0 Å². The van der Waals surface area contributed by atoms with E-state index in [1.54, 1.807) is 0 Å². The molecule has 1 heterocycles. The highest BCUT2D eigenvalue weighted by atomic mass is 14.7. The zero-order valence-corrected chi connectivity index (χ0v) is 8.51. The quantitative estimate of drug-likeness (QED) is 0.672. The summed E-state index contributed by atoms with van der Waals surface area (Å²) >= 11 is 0. The first-order valence-electron chi connectivity index (χ1n) is 5.20. The summed E-state index contributed by atoms with van der Waals surface area (Å²) in [5, 5.41) is 0. The van der Waals surface area contributed by atoms with Gasteiger partial charge in [0.15, 0.2) is 0 Å². The molecule has 0 saturated heterocycles. The zero-order chi connectivity index (χ0) is 9.31. The molecule has 1 nitrogen and oxygen atoms in total. The number of rotatable bonds is 2. The molecule has 1 aromatic heterocycles. The SMILES string of the molecule is CCC1(c2cc(C)ccn2)CCC1. The van der Waals surface area contributed by atoms with Crippen LogP contribution in [0.25, 0.3) is 0 Å². The van der Waals surface area contributed by atoms with Crippen LogP contribution < -0.4 is 0 Å².